The van der Waals surface area contributed by atoms with Crippen LogP contribution in [0.25, 0.3) is 0 Å². The fourth-order valence-electron chi connectivity index (χ4n) is 3.17. The molecule has 3 nitrogen and oxygen atoms in total. The first-order valence-electron chi connectivity index (χ1n) is 6.69. The Morgan fingerprint density at radius 2 is 2.06 bits per heavy atom. The quantitative estimate of drug-likeness (QED) is 0.796. The van der Waals surface area contributed by atoms with E-state index in [1.807, 2.05) is 0 Å². The molecule has 1 amide bonds. The van der Waals surface area contributed by atoms with Crippen molar-refractivity contribution in [3.05, 3.63) is 0 Å². The van der Waals surface area contributed by atoms with Crippen molar-refractivity contribution in [2.75, 3.05) is 6.54 Å². The Morgan fingerprint density at radius 3 is 2.56 bits per heavy atom. The van der Waals surface area contributed by atoms with Crippen molar-refractivity contribution in [2.45, 2.75) is 64.6 Å². The van der Waals surface area contributed by atoms with Gasteiger partial charge in [0.05, 0.1) is 11.7 Å². The average molecular weight is 224 g/mol. The van der Waals surface area contributed by atoms with Crippen molar-refractivity contribution in [1.82, 2.24) is 10.2 Å². The van der Waals surface area contributed by atoms with Gasteiger partial charge in [0.25, 0.3) is 0 Å². The molecule has 2 rings (SSSR count). The molecule has 1 spiro atoms. The fraction of sp³-hybridized carbons (Fsp3) is 0.923. The van der Waals surface area contributed by atoms with E-state index in [0.717, 1.165) is 25.8 Å². The van der Waals surface area contributed by atoms with Crippen molar-refractivity contribution in [1.29, 1.82) is 0 Å². The summed E-state index contributed by atoms with van der Waals surface area (Å²) in [7, 11) is 0. The van der Waals surface area contributed by atoms with Crippen LogP contribution in [-0.4, -0.2) is 29.1 Å². The molecule has 1 N–H and O–H groups in total. The molecular weight excluding hydrogens is 200 g/mol. The molecule has 0 bridgehead atoms. The number of amides is 1. The predicted octanol–water partition coefficient (Wildman–Crippen LogP) is 2.12. The van der Waals surface area contributed by atoms with Gasteiger partial charge in [-0.1, -0.05) is 33.6 Å². The summed E-state index contributed by atoms with van der Waals surface area (Å²) in [6, 6.07) is 0. The maximum absolute atomic E-state index is 12.5. The second-order valence-corrected chi connectivity index (χ2v) is 5.62. The van der Waals surface area contributed by atoms with Crippen LogP contribution in [0.15, 0.2) is 0 Å². The van der Waals surface area contributed by atoms with E-state index in [0.29, 0.717) is 11.8 Å². The van der Waals surface area contributed by atoms with Gasteiger partial charge in [-0.15, -0.1) is 0 Å². The Kier molecular flexibility index (Phi) is 3.24. The van der Waals surface area contributed by atoms with Gasteiger partial charge in [-0.3, -0.25) is 10.1 Å². The van der Waals surface area contributed by atoms with Crippen molar-refractivity contribution in [2.24, 2.45) is 5.92 Å². The molecule has 1 saturated heterocycles. The van der Waals surface area contributed by atoms with Gasteiger partial charge in [0, 0.05) is 6.54 Å². The van der Waals surface area contributed by atoms with Gasteiger partial charge in [-0.25, -0.2) is 0 Å². The van der Waals surface area contributed by atoms with Gasteiger partial charge >= 0.3 is 0 Å². The SMILES string of the molecule is CCCN1C(=O)C2(CCCC2)NC1C(C)C. The summed E-state index contributed by atoms with van der Waals surface area (Å²) in [6.07, 6.45) is 5.77. The zero-order valence-electron chi connectivity index (χ0n) is 10.8. The molecule has 1 saturated carbocycles. The second kappa shape index (κ2) is 4.36. The molecule has 1 unspecified atom stereocenters. The minimum atomic E-state index is -0.190. The minimum Gasteiger partial charge on any atom is -0.325 e. The Labute approximate surface area is 98.6 Å². The van der Waals surface area contributed by atoms with E-state index in [9.17, 15) is 4.79 Å². The summed E-state index contributed by atoms with van der Waals surface area (Å²) < 4.78 is 0. The Bertz CT molecular complexity index is 269. The van der Waals surface area contributed by atoms with Crippen LogP contribution in [0.4, 0.5) is 0 Å². The first kappa shape index (κ1) is 11.9. The van der Waals surface area contributed by atoms with Crippen LogP contribution in [0.1, 0.15) is 52.9 Å². The summed E-state index contributed by atoms with van der Waals surface area (Å²) >= 11 is 0. The smallest absolute Gasteiger partial charge is 0.244 e. The number of nitrogens with one attached hydrogen (secondary N) is 1. The molecular formula is C13H24N2O. The standard InChI is InChI=1S/C13H24N2O/c1-4-9-15-11(10(2)3)14-13(12(15)16)7-5-6-8-13/h10-11,14H,4-9H2,1-3H3. The number of nitrogens with zero attached hydrogens (tertiary/aromatic N) is 1. The monoisotopic (exact) mass is 224 g/mol. The summed E-state index contributed by atoms with van der Waals surface area (Å²) in [5, 5.41) is 3.63. The lowest BCUT2D eigenvalue weighted by Gasteiger charge is -2.26. The highest BCUT2D eigenvalue weighted by Crippen LogP contribution is 2.37. The van der Waals surface area contributed by atoms with Crippen LogP contribution in [0.5, 0.6) is 0 Å². The van der Waals surface area contributed by atoms with Crippen LogP contribution < -0.4 is 5.32 Å². The van der Waals surface area contributed by atoms with E-state index in [1.165, 1.54) is 12.8 Å². The highest BCUT2D eigenvalue weighted by Gasteiger charge is 2.52. The predicted molar refractivity (Wildman–Crippen MR) is 65.0 cm³/mol. The molecule has 16 heavy (non-hydrogen) atoms. The third kappa shape index (κ3) is 1.75. The molecule has 0 radical (unpaired) electrons. The summed E-state index contributed by atoms with van der Waals surface area (Å²) in [6.45, 7) is 7.43. The van der Waals surface area contributed by atoms with Gasteiger partial charge in [-0.05, 0) is 25.2 Å². The van der Waals surface area contributed by atoms with Gasteiger partial charge in [0.2, 0.25) is 5.91 Å². The van der Waals surface area contributed by atoms with Crippen LogP contribution in [0.2, 0.25) is 0 Å². The Morgan fingerprint density at radius 1 is 1.44 bits per heavy atom. The molecule has 0 aromatic rings. The average Bonchev–Trinajstić information content (AvgIpc) is 2.80. The number of hydrogen-bond donors (Lipinski definition) is 1. The lowest BCUT2D eigenvalue weighted by atomic mass is 9.98. The number of hydrogen-bond acceptors (Lipinski definition) is 2. The van der Waals surface area contributed by atoms with Gasteiger partial charge in [0.15, 0.2) is 0 Å². The minimum absolute atomic E-state index is 0.190. The molecule has 3 heteroatoms. The maximum Gasteiger partial charge on any atom is 0.244 e. The largest absolute Gasteiger partial charge is 0.325 e. The van der Waals surface area contributed by atoms with E-state index in [2.05, 4.69) is 31.0 Å². The second-order valence-electron chi connectivity index (χ2n) is 5.62. The molecule has 0 aromatic carbocycles. The van der Waals surface area contributed by atoms with Crippen LogP contribution in [-0.2, 0) is 4.79 Å². The van der Waals surface area contributed by atoms with Gasteiger partial charge < -0.3 is 4.90 Å². The Hall–Kier alpha value is -0.570. The molecule has 1 aliphatic carbocycles. The third-order valence-electron chi connectivity index (χ3n) is 3.98. The number of carbonyl (C=O) groups excluding carboxylic acids is 1. The van der Waals surface area contributed by atoms with Crippen molar-refractivity contribution in [3.63, 3.8) is 0 Å². The van der Waals surface area contributed by atoms with Crippen molar-refractivity contribution in [3.8, 4) is 0 Å². The maximum atomic E-state index is 12.5. The Balaban J connectivity index is 2.19. The fourth-order valence-corrected chi connectivity index (χ4v) is 3.17. The third-order valence-corrected chi connectivity index (χ3v) is 3.98. The lowest BCUT2D eigenvalue weighted by molar-refractivity contribution is -0.133. The summed E-state index contributed by atoms with van der Waals surface area (Å²) in [5.74, 6) is 0.862. The molecule has 92 valence electrons. The van der Waals surface area contributed by atoms with Gasteiger partial charge in [-0.2, -0.15) is 0 Å². The van der Waals surface area contributed by atoms with E-state index in [-0.39, 0.29) is 11.7 Å². The zero-order valence-corrected chi connectivity index (χ0v) is 10.8. The normalized spacial score (nSPS) is 28.6. The highest BCUT2D eigenvalue weighted by molar-refractivity contribution is 5.89. The first-order chi connectivity index (χ1) is 7.60. The van der Waals surface area contributed by atoms with E-state index >= 15 is 0 Å². The van der Waals surface area contributed by atoms with Crippen molar-refractivity contribution < 1.29 is 4.79 Å². The van der Waals surface area contributed by atoms with E-state index in [1.54, 1.807) is 0 Å². The van der Waals surface area contributed by atoms with Crippen LogP contribution in [0, 0.1) is 5.92 Å². The molecule has 2 fully saturated rings. The topological polar surface area (TPSA) is 32.3 Å². The van der Waals surface area contributed by atoms with E-state index in [4.69, 9.17) is 0 Å². The zero-order chi connectivity index (χ0) is 11.8. The van der Waals surface area contributed by atoms with Crippen molar-refractivity contribution >= 4 is 5.91 Å². The molecule has 1 heterocycles. The molecule has 0 aromatic heterocycles. The first-order valence-corrected chi connectivity index (χ1v) is 6.69. The molecule has 1 atom stereocenters. The van der Waals surface area contributed by atoms with Crippen LogP contribution >= 0.6 is 0 Å². The highest BCUT2D eigenvalue weighted by atomic mass is 16.2. The number of carbonyl (C=O) groups is 1. The van der Waals surface area contributed by atoms with Gasteiger partial charge in [0.1, 0.15) is 0 Å². The van der Waals surface area contributed by atoms with E-state index < -0.39 is 0 Å². The summed E-state index contributed by atoms with van der Waals surface area (Å²) in [4.78, 5) is 14.6. The van der Waals surface area contributed by atoms with Crippen LogP contribution in [0.3, 0.4) is 0 Å². The molecule has 1 aliphatic heterocycles. The molecule has 2 aliphatic rings. The number of rotatable bonds is 3. The summed E-state index contributed by atoms with van der Waals surface area (Å²) in [5.41, 5.74) is -0.190. The lowest BCUT2D eigenvalue weighted by Crippen LogP contribution is -2.45.